The molecule has 0 heterocycles. The smallest absolute Gasteiger partial charge is 0.0747 e. The summed E-state index contributed by atoms with van der Waals surface area (Å²) < 4.78 is 0. The molecule has 2 heteroatoms. The number of unbranched alkanes of at least 4 members (excludes halogenated alkanes) is 5. The van der Waals surface area contributed by atoms with E-state index in [0.717, 1.165) is 6.42 Å². The summed E-state index contributed by atoms with van der Waals surface area (Å²) in [6.07, 6.45) is 8.95. The predicted molar refractivity (Wildman–Crippen MR) is 71.3 cm³/mol. The van der Waals surface area contributed by atoms with Crippen LogP contribution < -0.4 is 5.73 Å². The first-order valence-electron chi connectivity index (χ1n) is 5.85. The van der Waals surface area contributed by atoms with Crippen molar-refractivity contribution in [1.29, 1.82) is 0 Å². The van der Waals surface area contributed by atoms with Gasteiger partial charge < -0.3 is 5.73 Å². The number of rotatable bonds is 7. The quantitative estimate of drug-likeness (QED) is 0.522. The van der Waals surface area contributed by atoms with Crippen LogP contribution in [0, 0.1) is 11.8 Å². The van der Waals surface area contributed by atoms with Crippen molar-refractivity contribution < 1.29 is 0 Å². The van der Waals surface area contributed by atoms with Crippen LogP contribution in [0.25, 0.3) is 0 Å². The highest BCUT2D eigenvalue weighted by molar-refractivity contribution is 5.85. The maximum Gasteiger partial charge on any atom is 0.0747 e. The van der Waals surface area contributed by atoms with Gasteiger partial charge in [-0.25, -0.2) is 0 Å². The third kappa shape index (κ3) is 11.7. The molecular formula is C13H26ClN. The van der Waals surface area contributed by atoms with Crippen molar-refractivity contribution >= 4 is 12.4 Å². The van der Waals surface area contributed by atoms with E-state index in [-0.39, 0.29) is 17.9 Å². The van der Waals surface area contributed by atoms with Crippen LogP contribution in [0.2, 0.25) is 0 Å². The lowest BCUT2D eigenvalue weighted by atomic mass is 9.96. The second kappa shape index (κ2) is 10.3. The average molecular weight is 232 g/mol. The third-order valence-corrected chi connectivity index (χ3v) is 2.46. The molecule has 0 aliphatic carbocycles. The molecule has 0 saturated carbocycles. The second-order valence-corrected chi connectivity index (χ2v) is 4.31. The molecule has 0 aromatic heterocycles. The first kappa shape index (κ1) is 17.2. The SMILES string of the molecule is CC#CC(C)(N)CCCCCCCC.Cl. The Kier molecular flexibility index (Phi) is 11.9. The summed E-state index contributed by atoms with van der Waals surface area (Å²) in [6, 6.07) is 0. The van der Waals surface area contributed by atoms with Gasteiger partial charge in [-0.3, -0.25) is 0 Å². The van der Waals surface area contributed by atoms with Gasteiger partial charge in [-0.05, 0) is 20.3 Å². The Morgan fingerprint density at radius 1 is 1.07 bits per heavy atom. The van der Waals surface area contributed by atoms with Crippen molar-refractivity contribution in [3.8, 4) is 11.8 Å². The van der Waals surface area contributed by atoms with Crippen LogP contribution in [0.3, 0.4) is 0 Å². The highest BCUT2D eigenvalue weighted by atomic mass is 35.5. The summed E-state index contributed by atoms with van der Waals surface area (Å²) in [5, 5.41) is 0. The largest absolute Gasteiger partial charge is 0.315 e. The number of halogens is 1. The molecule has 1 nitrogen and oxygen atoms in total. The van der Waals surface area contributed by atoms with E-state index in [9.17, 15) is 0 Å². The van der Waals surface area contributed by atoms with Gasteiger partial charge in [-0.2, -0.15) is 0 Å². The van der Waals surface area contributed by atoms with Gasteiger partial charge in [-0.15, -0.1) is 18.3 Å². The zero-order chi connectivity index (χ0) is 10.9. The van der Waals surface area contributed by atoms with Crippen LogP contribution in [0.5, 0.6) is 0 Å². The van der Waals surface area contributed by atoms with Gasteiger partial charge >= 0.3 is 0 Å². The molecule has 0 radical (unpaired) electrons. The maximum absolute atomic E-state index is 5.99. The summed E-state index contributed by atoms with van der Waals surface area (Å²) in [6.45, 7) is 6.12. The lowest BCUT2D eigenvalue weighted by molar-refractivity contribution is 0.496. The Labute approximate surface area is 102 Å². The van der Waals surface area contributed by atoms with Gasteiger partial charge in [-0.1, -0.05) is 51.4 Å². The molecule has 0 rings (SSSR count). The molecule has 0 amide bonds. The van der Waals surface area contributed by atoms with Gasteiger partial charge in [0.25, 0.3) is 0 Å². The Bertz CT molecular complexity index is 188. The van der Waals surface area contributed by atoms with Crippen LogP contribution in [0.15, 0.2) is 0 Å². The number of nitrogens with two attached hydrogens (primary N) is 1. The average Bonchev–Trinajstić information content (AvgIpc) is 2.11. The maximum atomic E-state index is 5.99. The fraction of sp³-hybridized carbons (Fsp3) is 0.846. The summed E-state index contributed by atoms with van der Waals surface area (Å²) in [7, 11) is 0. The second-order valence-electron chi connectivity index (χ2n) is 4.31. The number of hydrogen-bond acceptors (Lipinski definition) is 1. The highest BCUT2D eigenvalue weighted by Gasteiger charge is 2.13. The highest BCUT2D eigenvalue weighted by Crippen LogP contribution is 2.12. The van der Waals surface area contributed by atoms with Crippen molar-refractivity contribution in [3.63, 3.8) is 0 Å². The molecule has 15 heavy (non-hydrogen) atoms. The van der Waals surface area contributed by atoms with E-state index in [1.54, 1.807) is 0 Å². The minimum atomic E-state index is -0.264. The molecule has 0 bridgehead atoms. The van der Waals surface area contributed by atoms with Gasteiger partial charge in [0.05, 0.1) is 5.54 Å². The topological polar surface area (TPSA) is 26.0 Å². The number of hydrogen-bond donors (Lipinski definition) is 1. The zero-order valence-corrected chi connectivity index (χ0v) is 11.3. The van der Waals surface area contributed by atoms with Crippen LogP contribution in [0.1, 0.15) is 65.7 Å². The van der Waals surface area contributed by atoms with Crippen LogP contribution in [-0.4, -0.2) is 5.54 Å². The van der Waals surface area contributed by atoms with Crippen molar-refractivity contribution in [2.75, 3.05) is 0 Å². The van der Waals surface area contributed by atoms with Crippen molar-refractivity contribution in [3.05, 3.63) is 0 Å². The van der Waals surface area contributed by atoms with E-state index >= 15 is 0 Å². The van der Waals surface area contributed by atoms with Crippen molar-refractivity contribution in [2.24, 2.45) is 5.73 Å². The predicted octanol–water partition coefficient (Wildman–Crippen LogP) is 3.90. The minimum absolute atomic E-state index is 0. The fourth-order valence-electron chi connectivity index (χ4n) is 1.62. The van der Waals surface area contributed by atoms with Crippen LogP contribution in [-0.2, 0) is 0 Å². The molecule has 0 saturated heterocycles. The van der Waals surface area contributed by atoms with E-state index in [1.165, 1.54) is 38.5 Å². The molecule has 0 fully saturated rings. The standard InChI is InChI=1S/C13H25N.ClH/c1-4-6-7-8-9-10-12-13(3,14)11-5-2;/h4,6-10,12,14H2,1-3H3;1H. The molecule has 2 N–H and O–H groups in total. The normalized spacial score (nSPS) is 13.3. The molecule has 0 spiro atoms. The third-order valence-electron chi connectivity index (χ3n) is 2.46. The summed E-state index contributed by atoms with van der Waals surface area (Å²) in [4.78, 5) is 0. The van der Waals surface area contributed by atoms with Gasteiger partial charge in [0.15, 0.2) is 0 Å². The summed E-state index contributed by atoms with van der Waals surface area (Å²) in [5.41, 5.74) is 5.73. The monoisotopic (exact) mass is 231 g/mol. The lowest BCUT2D eigenvalue weighted by Gasteiger charge is -2.16. The summed E-state index contributed by atoms with van der Waals surface area (Å²) >= 11 is 0. The summed E-state index contributed by atoms with van der Waals surface area (Å²) in [5.74, 6) is 5.95. The fourth-order valence-corrected chi connectivity index (χ4v) is 1.62. The van der Waals surface area contributed by atoms with Gasteiger partial charge in [0.1, 0.15) is 0 Å². The van der Waals surface area contributed by atoms with E-state index in [0.29, 0.717) is 0 Å². The minimum Gasteiger partial charge on any atom is -0.315 e. The van der Waals surface area contributed by atoms with Crippen molar-refractivity contribution in [2.45, 2.75) is 71.3 Å². The Morgan fingerprint density at radius 3 is 2.13 bits per heavy atom. The van der Waals surface area contributed by atoms with Crippen LogP contribution >= 0.6 is 12.4 Å². The molecule has 1 atom stereocenters. The first-order chi connectivity index (χ1) is 6.62. The van der Waals surface area contributed by atoms with Crippen molar-refractivity contribution in [1.82, 2.24) is 0 Å². The van der Waals surface area contributed by atoms with Gasteiger partial charge in [0, 0.05) is 0 Å². The molecule has 0 aromatic rings. The molecular weight excluding hydrogens is 206 g/mol. The molecule has 1 unspecified atom stereocenters. The Hall–Kier alpha value is -0.190. The Balaban J connectivity index is 0. The molecule has 90 valence electrons. The van der Waals surface area contributed by atoms with E-state index in [1.807, 2.05) is 13.8 Å². The zero-order valence-electron chi connectivity index (χ0n) is 10.4. The first-order valence-corrected chi connectivity index (χ1v) is 5.85. The lowest BCUT2D eigenvalue weighted by Crippen LogP contribution is -2.33. The Morgan fingerprint density at radius 2 is 1.60 bits per heavy atom. The van der Waals surface area contributed by atoms with E-state index in [2.05, 4.69) is 18.8 Å². The molecule has 0 aliphatic rings. The van der Waals surface area contributed by atoms with Crippen LogP contribution in [0.4, 0.5) is 0 Å². The van der Waals surface area contributed by atoms with E-state index < -0.39 is 0 Å². The van der Waals surface area contributed by atoms with E-state index in [4.69, 9.17) is 5.73 Å². The molecule has 0 aliphatic heterocycles. The van der Waals surface area contributed by atoms with Gasteiger partial charge in [0.2, 0.25) is 0 Å². The molecule has 0 aromatic carbocycles.